The number of rotatable bonds is 3. The van der Waals surface area contributed by atoms with Gasteiger partial charge in [0, 0.05) is 12.4 Å². The molecular formula is C10H10BrN5O2. The highest BCUT2D eigenvalue weighted by molar-refractivity contribution is 9.10. The minimum Gasteiger partial charge on any atom is -0.324 e. The number of hydrogen-bond acceptors (Lipinski definition) is 5. The second-order valence-corrected chi connectivity index (χ2v) is 4.40. The van der Waals surface area contributed by atoms with Crippen LogP contribution in [-0.4, -0.2) is 14.5 Å². The molecule has 2 aromatic heterocycles. The van der Waals surface area contributed by atoms with Crippen LogP contribution in [0.2, 0.25) is 0 Å². The van der Waals surface area contributed by atoms with Gasteiger partial charge < -0.3 is 5.43 Å². The SMILES string of the molecule is NNc1ccnc(Cn2cc(Br)c(=O)[nH]c2=O)c1. The number of pyridine rings is 1. The lowest BCUT2D eigenvalue weighted by Crippen LogP contribution is -2.30. The van der Waals surface area contributed by atoms with E-state index in [-0.39, 0.29) is 11.0 Å². The molecular weight excluding hydrogens is 302 g/mol. The molecule has 0 radical (unpaired) electrons. The van der Waals surface area contributed by atoms with E-state index in [1.165, 1.54) is 10.8 Å². The lowest BCUT2D eigenvalue weighted by molar-refractivity contribution is 0.701. The van der Waals surface area contributed by atoms with Crippen LogP contribution in [-0.2, 0) is 6.54 Å². The fraction of sp³-hybridized carbons (Fsp3) is 0.100. The molecule has 2 aromatic rings. The Labute approximate surface area is 110 Å². The lowest BCUT2D eigenvalue weighted by atomic mass is 10.3. The van der Waals surface area contributed by atoms with E-state index in [4.69, 9.17) is 5.84 Å². The topological polar surface area (TPSA) is 106 Å². The van der Waals surface area contributed by atoms with E-state index in [1.807, 2.05) is 0 Å². The monoisotopic (exact) mass is 311 g/mol. The maximum Gasteiger partial charge on any atom is 0.328 e. The molecule has 0 atom stereocenters. The van der Waals surface area contributed by atoms with Crippen molar-refractivity contribution in [3.8, 4) is 0 Å². The first-order valence-corrected chi connectivity index (χ1v) is 5.80. The van der Waals surface area contributed by atoms with Crippen molar-refractivity contribution in [2.24, 2.45) is 5.84 Å². The van der Waals surface area contributed by atoms with Gasteiger partial charge in [0.2, 0.25) is 0 Å². The second kappa shape index (κ2) is 5.15. The fourth-order valence-corrected chi connectivity index (χ4v) is 1.78. The van der Waals surface area contributed by atoms with E-state index in [2.05, 4.69) is 31.3 Å². The molecule has 0 aromatic carbocycles. The number of hydrazine groups is 1. The van der Waals surface area contributed by atoms with Crippen LogP contribution >= 0.6 is 15.9 Å². The van der Waals surface area contributed by atoms with E-state index < -0.39 is 11.2 Å². The van der Waals surface area contributed by atoms with Crippen LogP contribution in [0.15, 0.2) is 38.6 Å². The Kier molecular flexibility index (Phi) is 3.58. The molecule has 0 aliphatic heterocycles. The van der Waals surface area contributed by atoms with Gasteiger partial charge in [0.05, 0.1) is 22.4 Å². The number of hydrogen-bond donors (Lipinski definition) is 3. The Balaban J connectivity index is 2.36. The van der Waals surface area contributed by atoms with Crippen molar-refractivity contribution < 1.29 is 0 Å². The smallest absolute Gasteiger partial charge is 0.324 e. The molecule has 0 spiro atoms. The summed E-state index contributed by atoms with van der Waals surface area (Å²) in [5.41, 5.74) is 2.88. The minimum atomic E-state index is -0.490. The highest BCUT2D eigenvalue weighted by Crippen LogP contribution is 2.07. The van der Waals surface area contributed by atoms with Crippen molar-refractivity contribution in [3.05, 3.63) is 55.5 Å². The summed E-state index contributed by atoms with van der Waals surface area (Å²) in [4.78, 5) is 29.1. The van der Waals surface area contributed by atoms with Crippen LogP contribution in [0.3, 0.4) is 0 Å². The van der Waals surface area contributed by atoms with Crippen LogP contribution in [0.5, 0.6) is 0 Å². The normalized spacial score (nSPS) is 10.3. The van der Waals surface area contributed by atoms with E-state index >= 15 is 0 Å². The van der Waals surface area contributed by atoms with Gasteiger partial charge in [0.15, 0.2) is 0 Å². The Morgan fingerprint density at radius 1 is 1.50 bits per heavy atom. The quantitative estimate of drug-likeness (QED) is 0.548. The van der Waals surface area contributed by atoms with Gasteiger partial charge in [0.1, 0.15) is 0 Å². The lowest BCUT2D eigenvalue weighted by Gasteiger charge is -2.06. The average molecular weight is 312 g/mol. The third kappa shape index (κ3) is 2.66. The zero-order chi connectivity index (χ0) is 13.1. The molecule has 0 aliphatic carbocycles. The number of nitrogens with two attached hydrogens (primary N) is 1. The molecule has 2 rings (SSSR count). The number of halogens is 1. The predicted molar refractivity (Wildman–Crippen MR) is 70.2 cm³/mol. The van der Waals surface area contributed by atoms with E-state index in [0.717, 1.165) is 0 Å². The van der Waals surface area contributed by atoms with Crippen molar-refractivity contribution in [2.45, 2.75) is 6.54 Å². The number of aromatic nitrogens is 3. The molecule has 7 nitrogen and oxygen atoms in total. The third-order valence-electron chi connectivity index (χ3n) is 2.28. The number of anilines is 1. The Morgan fingerprint density at radius 2 is 2.28 bits per heavy atom. The van der Waals surface area contributed by atoms with Gasteiger partial charge in [-0.1, -0.05) is 0 Å². The molecule has 0 fully saturated rings. The Bertz CT molecular complexity index is 678. The molecule has 0 amide bonds. The first-order chi connectivity index (χ1) is 8.60. The number of aromatic amines is 1. The largest absolute Gasteiger partial charge is 0.328 e. The van der Waals surface area contributed by atoms with Gasteiger partial charge in [-0.05, 0) is 28.1 Å². The zero-order valence-corrected chi connectivity index (χ0v) is 10.8. The molecule has 0 saturated carbocycles. The summed E-state index contributed by atoms with van der Waals surface area (Å²) in [6.07, 6.45) is 3.00. The summed E-state index contributed by atoms with van der Waals surface area (Å²) in [5.74, 6) is 5.28. The van der Waals surface area contributed by atoms with Crippen LogP contribution < -0.4 is 22.5 Å². The summed E-state index contributed by atoms with van der Waals surface area (Å²) >= 11 is 3.07. The van der Waals surface area contributed by atoms with Gasteiger partial charge in [-0.2, -0.15) is 0 Å². The highest BCUT2D eigenvalue weighted by Gasteiger charge is 2.04. The van der Waals surface area contributed by atoms with Crippen LogP contribution in [0, 0.1) is 0 Å². The average Bonchev–Trinajstić information content (AvgIpc) is 2.36. The maximum absolute atomic E-state index is 11.6. The van der Waals surface area contributed by atoms with E-state index in [1.54, 1.807) is 18.3 Å². The third-order valence-corrected chi connectivity index (χ3v) is 2.85. The fourth-order valence-electron chi connectivity index (χ4n) is 1.43. The summed E-state index contributed by atoms with van der Waals surface area (Å²) in [6.45, 7) is 0.240. The first-order valence-electron chi connectivity index (χ1n) is 5.01. The van der Waals surface area contributed by atoms with Crippen LogP contribution in [0.4, 0.5) is 5.69 Å². The van der Waals surface area contributed by atoms with Crippen molar-refractivity contribution in [2.75, 3.05) is 5.43 Å². The molecule has 0 aliphatic rings. The molecule has 0 saturated heterocycles. The van der Waals surface area contributed by atoms with Crippen LogP contribution in [0.25, 0.3) is 0 Å². The number of nitrogens with one attached hydrogen (secondary N) is 2. The minimum absolute atomic E-state index is 0.240. The number of nitrogen functional groups attached to an aromatic ring is 1. The number of nitrogens with zero attached hydrogens (tertiary/aromatic N) is 2. The zero-order valence-electron chi connectivity index (χ0n) is 9.18. The predicted octanol–water partition coefficient (Wildman–Crippen LogP) is 0.0280. The standard InChI is InChI=1S/C10H10BrN5O2/c11-8-5-16(10(18)14-9(8)17)4-7-3-6(15-12)1-2-13-7/h1-3,5H,4,12H2,(H,13,15)(H,14,17,18). The molecule has 18 heavy (non-hydrogen) atoms. The molecule has 4 N–H and O–H groups in total. The van der Waals surface area contributed by atoms with Crippen LogP contribution in [0.1, 0.15) is 5.69 Å². The van der Waals surface area contributed by atoms with Gasteiger partial charge in [0.25, 0.3) is 5.56 Å². The number of H-pyrrole nitrogens is 1. The van der Waals surface area contributed by atoms with Crippen molar-refractivity contribution in [3.63, 3.8) is 0 Å². The summed E-state index contributed by atoms with van der Waals surface area (Å²) in [5, 5.41) is 0. The molecule has 2 heterocycles. The van der Waals surface area contributed by atoms with Gasteiger partial charge in [-0.3, -0.25) is 25.2 Å². The van der Waals surface area contributed by atoms with Crippen molar-refractivity contribution in [1.82, 2.24) is 14.5 Å². The highest BCUT2D eigenvalue weighted by atomic mass is 79.9. The molecule has 8 heteroatoms. The van der Waals surface area contributed by atoms with Gasteiger partial charge in [-0.25, -0.2) is 4.79 Å². The van der Waals surface area contributed by atoms with E-state index in [9.17, 15) is 9.59 Å². The Hall–Kier alpha value is -1.93. The summed E-state index contributed by atoms with van der Waals surface area (Å²) < 4.78 is 1.63. The summed E-state index contributed by atoms with van der Waals surface area (Å²) in [7, 11) is 0. The molecule has 0 unspecified atom stereocenters. The summed E-state index contributed by atoms with van der Waals surface area (Å²) in [6, 6.07) is 3.42. The molecule has 94 valence electrons. The first kappa shape index (κ1) is 12.5. The van der Waals surface area contributed by atoms with Crippen molar-refractivity contribution in [1.29, 1.82) is 0 Å². The van der Waals surface area contributed by atoms with Gasteiger partial charge in [-0.15, -0.1) is 0 Å². The van der Waals surface area contributed by atoms with E-state index in [0.29, 0.717) is 11.4 Å². The maximum atomic E-state index is 11.6. The van der Waals surface area contributed by atoms with Gasteiger partial charge >= 0.3 is 5.69 Å². The molecule has 0 bridgehead atoms. The van der Waals surface area contributed by atoms with Crippen molar-refractivity contribution >= 4 is 21.6 Å². The second-order valence-electron chi connectivity index (χ2n) is 3.54. The Morgan fingerprint density at radius 3 is 3.00 bits per heavy atom.